The number of hydrogen-bond acceptors (Lipinski definition) is 2. The second kappa shape index (κ2) is 5.54. The van der Waals surface area contributed by atoms with Crippen LogP contribution in [0.5, 0.6) is 0 Å². The molecule has 3 heteroatoms. The second-order valence-electron chi connectivity index (χ2n) is 7.99. The third kappa shape index (κ3) is 1.92. The Balaban J connectivity index is 1.88. The molecule has 3 nitrogen and oxygen atoms in total. The number of benzene rings is 4. The summed E-state index contributed by atoms with van der Waals surface area (Å²) >= 11 is 0. The molecular weight excluding hydrogens is 358 g/mol. The number of carbonyl (C=O) groups is 2. The molecule has 2 aliphatic rings. The van der Waals surface area contributed by atoms with Gasteiger partial charge >= 0.3 is 0 Å². The number of carbonyl (C=O) groups excluding carboxylic acids is 2. The summed E-state index contributed by atoms with van der Waals surface area (Å²) in [5, 5.41) is 4.38. The van der Waals surface area contributed by atoms with Crippen LogP contribution in [0.25, 0.3) is 32.7 Å². The predicted octanol–water partition coefficient (Wildman–Crippen LogP) is 5.74. The molecule has 0 radical (unpaired) electrons. The van der Waals surface area contributed by atoms with Crippen LogP contribution in [0.3, 0.4) is 0 Å². The van der Waals surface area contributed by atoms with E-state index in [0.29, 0.717) is 11.1 Å². The monoisotopic (exact) mass is 377 g/mol. The molecule has 0 saturated carbocycles. The highest BCUT2D eigenvalue weighted by Gasteiger charge is 2.34. The van der Waals surface area contributed by atoms with E-state index in [4.69, 9.17) is 0 Å². The smallest absolute Gasteiger partial charge is 0.261 e. The zero-order valence-electron chi connectivity index (χ0n) is 16.3. The molecule has 0 bridgehead atoms. The van der Waals surface area contributed by atoms with Crippen molar-refractivity contribution in [1.82, 2.24) is 4.90 Å². The van der Waals surface area contributed by atoms with E-state index in [1.165, 1.54) is 32.4 Å². The van der Waals surface area contributed by atoms with E-state index >= 15 is 0 Å². The third-order valence-corrected chi connectivity index (χ3v) is 6.65. The average Bonchev–Trinajstić information content (AvgIpc) is 2.87. The van der Waals surface area contributed by atoms with Crippen molar-refractivity contribution in [3.05, 3.63) is 82.9 Å². The molecule has 140 valence electrons. The van der Waals surface area contributed by atoms with E-state index in [1.807, 2.05) is 12.1 Å². The van der Waals surface area contributed by atoms with Crippen LogP contribution in [0, 0.1) is 0 Å². The predicted molar refractivity (Wildman–Crippen MR) is 115 cm³/mol. The minimum absolute atomic E-state index is 0.218. The van der Waals surface area contributed by atoms with E-state index < -0.39 is 0 Å². The van der Waals surface area contributed by atoms with Crippen LogP contribution in [0.15, 0.2) is 60.7 Å². The molecule has 1 heterocycles. The zero-order valence-corrected chi connectivity index (χ0v) is 16.3. The first-order valence-electron chi connectivity index (χ1n) is 10.1. The first-order valence-corrected chi connectivity index (χ1v) is 10.1. The molecule has 1 aliphatic heterocycles. The number of rotatable bonds is 1. The minimum atomic E-state index is -0.223. The largest absolute Gasteiger partial charge is 0.277 e. The molecule has 0 saturated heterocycles. The number of fused-ring (bicyclic) bond motifs is 1. The van der Waals surface area contributed by atoms with Crippen molar-refractivity contribution < 1.29 is 9.59 Å². The molecular formula is C26H19NO2. The van der Waals surface area contributed by atoms with Gasteiger partial charge in [-0.25, -0.2) is 0 Å². The van der Waals surface area contributed by atoms with Crippen LogP contribution in [0.4, 0.5) is 0 Å². The maximum atomic E-state index is 12.9. The Morgan fingerprint density at radius 1 is 0.690 bits per heavy atom. The van der Waals surface area contributed by atoms with Gasteiger partial charge < -0.3 is 0 Å². The lowest BCUT2D eigenvalue weighted by molar-refractivity contribution is 0.0650. The van der Waals surface area contributed by atoms with E-state index in [2.05, 4.69) is 55.5 Å². The third-order valence-electron chi connectivity index (χ3n) is 6.65. The van der Waals surface area contributed by atoms with Gasteiger partial charge in [-0.2, -0.15) is 0 Å². The number of hydrogen-bond donors (Lipinski definition) is 0. The number of nitrogens with zero attached hydrogens (tertiary/aromatic N) is 1. The van der Waals surface area contributed by atoms with Gasteiger partial charge in [0.25, 0.3) is 11.8 Å². The van der Waals surface area contributed by atoms with Crippen molar-refractivity contribution in [3.8, 4) is 11.1 Å². The topological polar surface area (TPSA) is 37.4 Å². The van der Waals surface area contributed by atoms with Gasteiger partial charge in [0.1, 0.15) is 0 Å². The fourth-order valence-corrected chi connectivity index (χ4v) is 5.34. The fraction of sp³-hybridized carbons (Fsp3) is 0.154. The Morgan fingerprint density at radius 3 is 2.00 bits per heavy atom. The van der Waals surface area contributed by atoms with E-state index in [-0.39, 0.29) is 17.7 Å². The molecule has 1 atom stereocenters. The zero-order chi connectivity index (χ0) is 19.9. The first kappa shape index (κ1) is 16.5. The Hall–Kier alpha value is -3.46. The van der Waals surface area contributed by atoms with Gasteiger partial charge in [-0.3, -0.25) is 14.5 Å². The lowest BCUT2D eigenvalue weighted by atomic mass is 9.82. The lowest BCUT2D eigenvalue weighted by Gasteiger charge is -2.26. The van der Waals surface area contributed by atoms with Gasteiger partial charge in [0.05, 0.1) is 0 Å². The molecule has 4 aromatic carbocycles. The van der Waals surface area contributed by atoms with Gasteiger partial charge in [-0.05, 0) is 57.0 Å². The summed E-state index contributed by atoms with van der Waals surface area (Å²) in [4.78, 5) is 27.0. The second-order valence-corrected chi connectivity index (χ2v) is 7.99. The summed E-state index contributed by atoms with van der Waals surface area (Å²) in [7, 11) is 1.56. The van der Waals surface area contributed by atoms with Gasteiger partial charge in [0.15, 0.2) is 0 Å². The van der Waals surface area contributed by atoms with Crippen LogP contribution in [0.1, 0.15) is 51.1 Å². The fourth-order valence-electron chi connectivity index (χ4n) is 5.34. The summed E-state index contributed by atoms with van der Waals surface area (Å²) in [6.45, 7) is 2.21. The van der Waals surface area contributed by atoms with Crippen molar-refractivity contribution in [2.24, 2.45) is 0 Å². The van der Waals surface area contributed by atoms with Gasteiger partial charge in [-0.1, -0.05) is 55.5 Å². The minimum Gasteiger partial charge on any atom is -0.277 e. The number of amides is 2. The van der Waals surface area contributed by atoms with Crippen molar-refractivity contribution >= 4 is 33.4 Å². The molecule has 0 aromatic heterocycles. The molecule has 0 fully saturated rings. The summed E-state index contributed by atoms with van der Waals surface area (Å²) in [5.41, 5.74) is 6.06. The van der Waals surface area contributed by atoms with Gasteiger partial charge in [0.2, 0.25) is 0 Å². The molecule has 4 aromatic rings. The normalized spacial score (nSPS) is 17.2. The molecule has 29 heavy (non-hydrogen) atoms. The van der Waals surface area contributed by atoms with Crippen LogP contribution < -0.4 is 0 Å². The highest BCUT2D eigenvalue weighted by atomic mass is 16.2. The van der Waals surface area contributed by atoms with E-state index in [9.17, 15) is 9.59 Å². The molecule has 1 unspecified atom stereocenters. The summed E-state index contributed by atoms with van der Waals surface area (Å²) in [5.74, 6) is -0.228. The molecule has 6 rings (SSSR count). The first-order chi connectivity index (χ1) is 14.1. The van der Waals surface area contributed by atoms with E-state index in [0.717, 1.165) is 22.8 Å². The van der Waals surface area contributed by atoms with Gasteiger partial charge in [0, 0.05) is 29.5 Å². The maximum Gasteiger partial charge on any atom is 0.261 e. The maximum absolute atomic E-state index is 12.9. The average molecular weight is 377 g/mol. The SMILES string of the molecule is CCC1c2cccc3cccc(c23)-c2ccc3c4c(ccc1c24)C(=O)N(C)C3=O. The Kier molecular flexibility index (Phi) is 3.15. The molecule has 2 amide bonds. The highest BCUT2D eigenvalue weighted by Crippen LogP contribution is 2.48. The summed E-state index contributed by atoms with van der Waals surface area (Å²) < 4.78 is 0. The van der Waals surface area contributed by atoms with Crippen molar-refractivity contribution in [3.63, 3.8) is 0 Å². The van der Waals surface area contributed by atoms with E-state index in [1.54, 1.807) is 7.05 Å². The van der Waals surface area contributed by atoms with Crippen LogP contribution in [-0.4, -0.2) is 23.8 Å². The van der Waals surface area contributed by atoms with Crippen LogP contribution >= 0.6 is 0 Å². The highest BCUT2D eigenvalue weighted by molar-refractivity contribution is 6.28. The molecule has 0 N–H and O–H groups in total. The molecule has 0 spiro atoms. The Morgan fingerprint density at radius 2 is 1.28 bits per heavy atom. The Bertz CT molecular complexity index is 1370. The lowest BCUT2D eigenvalue weighted by Crippen LogP contribution is -2.37. The van der Waals surface area contributed by atoms with Crippen molar-refractivity contribution in [2.45, 2.75) is 19.3 Å². The van der Waals surface area contributed by atoms with Gasteiger partial charge in [-0.15, -0.1) is 0 Å². The van der Waals surface area contributed by atoms with Crippen molar-refractivity contribution in [2.75, 3.05) is 7.05 Å². The number of imide groups is 1. The summed E-state index contributed by atoms with van der Waals surface area (Å²) in [6.07, 6.45) is 0.952. The quantitative estimate of drug-likeness (QED) is 0.397. The summed E-state index contributed by atoms with van der Waals surface area (Å²) in [6, 6.07) is 20.9. The standard InChI is InChI=1S/C26H19NO2/c1-3-15-16-8-4-6-14-7-5-9-17(22(14)16)19-11-13-21-24-20(12-10-18(15)23(19)24)25(28)27(2)26(21)29/h4-13,15H,3H2,1-2H3. The molecule has 1 aliphatic carbocycles. The van der Waals surface area contributed by atoms with Crippen molar-refractivity contribution in [1.29, 1.82) is 0 Å². The Labute approximate surface area is 168 Å². The van der Waals surface area contributed by atoms with Crippen LogP contribution in [-0.2, 0) is 0 Å². The van der Waals surface area contributed by atoms with Crippen LogP contribution in [0.2, 0.25) is 0 Å².